The number of benzene rings is 1. The van der Waals surface area contributed by atoms with Crippen LogP contribution in [0.4, 0.5) is 5.69 Å². The minimum Gasteiger partial charge on any atom is -0.323 e. The fourth-order valence-corrected chi connectivity index (χ4v) is 4.17. The SMILES string of the molecule is Cc1ccc(N2CCCC3(CCCN3C(=O)c3cnccn3)C2=O)cc1. The molecular weight excluding hydrogens is 328 g/mol. The van der Waals surface area contributed by atoms with E-state index in [1.807, 2.05) is 36.1 Å². The summed E-state index contributed by atoms with van der Waals surface area (Å²) in [5.74, 6) is -0.169. The van der Waals surface area contributed by atoms with Crippen molar-refractivity contribution in [1.29, 1.82) is 0 Å². The number of hydrogen-bond acceptors (Lipinski definition) is 4. The summed E-state index contributed by atoms with van der Waals surface area (Å²) in [6.07, 6.45) is 7.65. The van der Waals surface area contributed by atoms with Gasteiger partial charge in [0, 0.05) is 31.2 Å². The van der Waals surface area contributed by atoms with Crippen molar-refractivity contribution >= 4 is 17.5 Å². The average molecular weight is 350 g/mol. The van der Waals surface area contributed by atoms with Crippen LogP contribution in [0.25, 0.3) is 0 Å². The summed E-state index contributed by atoms with van der Waals surface area (Å²) in [4.78, 5) is 38.2. The van der Waals surface area contributed by atoms with Crippen molar-refractivity contribution in [3.05, 3.63) is 54.1 Å². The molecule has 2 aliphatic heterocycles. The number of amides is 2. The third kappa shape index (κ3) is 2.66. The molecule has 0 aliphatic carbocycles. The van der Waals surface area contributed by atoms with Crippen LogP contribution in [-0.4, -0.2) is 45.3 Å². The molecule has 2 aliphatic rings. The molecule has 3 heterocycles. The van der Waals surface area contributed by atoms with Crippen molar-refractivity contribution in [3.8, 4) is 0 Å². The summed E-state index contributed by atoms with van der Waals surface area (Å²) < 4.78 is 0. The van der Waals surface area contributed by atoms with Crippen molar-refractivity contribution in [1.82, 2.24) is 14.9 Å². The van der Waals surface area contributed by atoms with Gasteiger partial charge in [0.05, 0.1) is 6.20 Å². The maximum Gasteiger partial charge on any atom is 0.274 e. The summed E-state index contributed by atoms with van der Waals surface area (Å²) >= 11 is 0. The highest BCUT2D eigenvalue weighted by molar-refractivity contribution is 6.05. The molecule has 2 fully saturated rings. The lowest BCUT2D eigenvalue weighted by atomic mass is 9.85. The van der Waals surface area contributed by atoms with E-state index in [-0.39, 0.29) is 11.8 Å². The fourth-order valence-electron chi connectivity index (χ4n) is 4.17. The van der Waals surface area contributed by atoms with Crippen LogP contribution in [0.5, 0.6) is 0 Å². The highest BCUT2D eigenvalue weighted by atomic mass is 16.2. The van der Waals surface area contributed by atoms with Gasteiger partial charge in [-0.15, -0.1) is 0 Å². The second kappa shape index (κ2) is 6.52. The molecule has 2 saturated heterocycles. The number of likely N-dealkylation sites (tertiary alicyclic amines) is 1. The third-order valence-electron chi connectivity index (χ3n) is 5.48. The normalized spacial score (nSPS) is 22.9. The Kier molecular flexibility index (Phi) is 4.18. The van der Waals surface area contributed by atoms with Crippen LogP contribution in [-0.2, 0) is 4.79 Å². The summed E-state index contributed by atoms with van der Waals surface area (Å²) in [5, 5.41) is 0. The molecule has 0 saturated carbocycles. The van der Waals surface area contributed by atoms with E-state index in [0.717, 1.165) is 24.1 Å². The van der Waals surface area contributed by atoms with Crippen LogP contribution in [0.1, 0.15) is 41.7 Å². The van der Waals surface area contributed by atoms with Crippen molar-refractivity contribution in [3.63, 3.8) is 0 Å². The number of rotatable bonds is 2. The minimum absolute atomic E-state index is 0.0299. The maximum atomic E-state index is 13.5. The molecule has 6 nitrogen and oxygen atoms in total. The number of anilines is 1. The molecule has 6 heteroatoms. The molecule has 134 valence electrons. The molecule has 0 bridgehead atoms. The lowest BCUT2D eigenvalue weighted by molar-refractivity contribution is -0.130. The third-order valence-corrected chi connectivity index (χ3v) is 5.48. The molecule has 1 unspecified atom stereocenters. The molecule has 1 atom stereocenters. The van der Waals surface area contributed by atoms with Gasteiger partial charge in [-0.05, 0) is 44.7 Å². The Morgan fingerprint density at radius 1 is 1.08 bits per heavy atom. The zero-order chi connectivity index (χ0) is 18.1. The molecule has 1 aromatic heterocycles. The first-order valence-electron chi connectivity index (χ1n) is 9.08. The molecule has 1 spiro atoms. The van der Waals surface area contributed by atoms with Crippen LogP contribution in [0, 0.1) is 6.92 Å². The summed E-state index contributed by atoms with van der Waals surface area (Å²) in [5.41, 5.74) is 1.61. The van der Waals surface area contributed by atoms with Crippen molar-refractivity contribution in [2.45, 2.75) is 38.1 Å². The molecule has 1 aromatic carbocycles. The lowest BCUT2D eigenvalue weighted by Crippen LogP contribution is -2.61. The van der Waals surface area contributed by atoms with Gasteiger partial charge < -0.3 is 9.80 Å². The highest BCUT2D eigenvalue weighted by Crippen LogP contribution is 2.40. The second-order valence-corrected chi connectivity index (χ2v) is 7.08. The van der Waals surface area contributed by atoms with E-state index in [1.54, 1.807) is 11.1 Å². The van der Waals surface area contributed by atoms with E-state index < -0.39 is 5.54 Å². The van der Waals surface area contributed by atoms with Gasteiger partial charge in [-0.3, -0.25) is 14.6 Å². The predicted octanol–water partition coefficient (Wildman–Crippen LogP) is 2.59. The Labute approximate surface area is 152 Å². The number of carbonyl (C=O) groups is 2. The summed E-state index contributed by atoms with van der Waals surface area (Å²) in [6.45, 7) is 3.31. The molecule has 26 heavy (non-hydrogen) atoms. The van der Waals surface area contributed by atoms with E-state index in [4.69, 9.17) is 0 Å². The van der Waals surface area contributed by atoms with Crippen LogP contribution in [0.15, 0.2) is 42.9 Å². The van der Waals surface area contributed by atoms with Gasteiger partial charge in [0.15, 0.2) is 0 Å². The van der Waals surface area contributed by atoms with E-state index in [1.165, 1.54) is 12.4 Å². The van der Waals surface area contributed by atoms with Gasteiger partial charge in [0.2, 0.25) is 0 Å². The van der Waals surface area contributed by atoms with Crippen LogP contribution in [0.3, 0.4) is 0 Å². The van der Waals surface area contributed by atoms with Gasteiger partial charge in [-0.1, -0.05) is 17.7 Å². The molecule has 4 rings (SSSR count). The molecule has 0 radical (unpaired) electrons. The van der Waals surface area contributed by atoms with Crippen molar-refractivity contribution in [2.75, 3.05) is 18.0 Å². The number of piperidine rings is 1. The van der Waals surface area contributed by atoms with E-state index in [0.29, 0.717) is 31.6 Å². The summed E-state index contributed by atoms with van der Waals surface area (Å²) in [7, 11) is 0. The molecule has 2 aromatic rings. The number of hydrogen-bond donors (Lipinski definition) is 0. The molecule has 2 amide bonds. The van der Waals surface area contributed by atoms with Gasteiger partial charge in [0.25, 0.3) is 11.8 Å². The van der Waals surface area contributed by atoms with E-state index >= 15 is 0 Å². The summed E-state index contributed by atoms with van der Waals surface area (Å²) in [6, 6.07) is 7.99. The number of carbonyl (C=O) groups excluding carboxylic acids is 2. The largest absolute Gasteiger partial charge is 0.323 e. The first-order chi connectivity index (χ1) is 12.6. The van der Waals surface area contributed by atoms with Crippen molar-refractivity contribution < 1.29 is 9.59 Å². The first-order valence-corrected chi connectivity index (χ1v) is 9.08. The first kappa shape index (κ1) is 16.7. The van der Waals surface area contributed by atoms with Crippen LogP contribution >= 0.6 is 0 Å². The Bertz CT molecular complexity index is 821. The zero-order valence-corrected chi connectivity index (χ0v) is 14.9. The Morgan fingerprint density at radius 2 is 1.81 bits per heavy atom. The number of aryl methyl sites for hydroxylation is 1. The smallest absolute Gasteiger partial charge is 0.274 e. The quantitative estimate of drug-likeness (QED) is 0.835. The highest BCUT2D eigenvalue weighted by Gasteiger charge is 2.53. The van der Waals surface area contributed by atoms with Crippen LogP contribution in [0.2, 0.25) is 0 Å². The van der Waals surface area contributed by atoms with Gasteiger partial charge >= 0.3 is 0 Å². The van der Waals surface area contributed by atoms with Gasteiger partial charge in [0.1, 0.15) is 11.2 Å². The Hall–Kier alpha value is -2.76. The molecule has 0 N–H and O–H groups in total. The zero-order valence-electron chi connectivity index (χ0n) is 14.9. The Balaban J connectivity index is 1.66. The van der Waals surface area contributed by atoms with E-state index in [9.17, 15) is 9.59 Å². The number of aromatic nitrogens is 2. The predicted molar refractivity (Wildman–Crippen MR) is 97.8 cm³/mol. The molecular formula is C20H22N4O2. The van der Waals surface area contributed by atoms with Crippen molar-refractivity contribution in [2.24, 2.45) is 0 Å². The standard InChI is InChI=1S/C20H22N4O2/c1-15-4-6-16(7-5-15)23-12-2-8-20(19(23)26)9-3-13-24(20)18(25)17-14-21-10-11-22-17/h4-7,10-11,14H,2-3,8-9,12-13H2,1H3. The second-order valence-electron chi connectivity index (χ2n) is 7.08. The van der Waals surface area contributed by atoms with E-state index in [2.05, 4.69) is 9.97 Å². The van der Waals surface area contributed by atoms with Gasteiger partial charge in [-0.25, -0.2) is 4.98 Å². The topological polar surface area (TPSA) is 66.4 Å². The fraction of sp³-hybridized carbons (Fsp3) is 0.400. The number of nitrogens with zero attached hydrogens (tertiary/aromatic N) is 4. The van der Waals surface area contributed by atoms with Gasteiger partial charge in [-0.2, -0.15) is 0 Å². The maximum absolute atomic E-state index is 13.5. The Morgan fingerprint density at radius 3 is 2.50 bits per heavy atom. The average Bonchev–Trinajstić information content (AvgIpc) is 3.09. The van der Waals surface area contributed by atoms with Crippen LogP contribution < -0.4 is 4.90 Å². The lowest BCUT2D eigenvalue weighted by Gasteiger charge is -2.44. The monoisotopic (exact) mass is 350 g/mol. The minimum atomic E-state index is -0.752.